The number of ether oxygens (including phenoxy) is 3. The molecule has 0 aromatic heterocycles. The lowest BCUT2D eigenvalue weighted by Gasteiger charge is -2.35. The standard InChI is InChI=1S/C29H24O6/c1-33-26-17-21(9-14-24(26)32)29-28(20-7-12-23(31)13-8-20)34-25-15-6-19(16-27(25)35-29)3-2-18-4-10-22(30)11-5-18/h2-17,28-32H,1H3/b3-2+. The van der Waals surface area contributed by atoms with E-state index in [0.717, 1.165) is 22.3 Å². The third-order valence-electron chi connectivity index (χ3n) is 5.87. The van der Waals surface area contributed by atoms with E-state index in [2.05, 4.69) is 0 Å². The lowest BCUT2D eigenvalue weighted by atomic mass is 9.96. The van der Waals surface area contributed by atoms with Crippen molar-refractivity contribution in [2.24, 2.45) is 0 Å². The highest BCUT2D eigenvalue weighted by atomic mass is 16.6. The quantitative estimate of drug-likeness (QED) is 0.301. The number of methoxy groups -OCH3 is 1. The third-order valence-corrected chi connectivity index (χ3v) is 5.87. The van der Waals surface area contributed by atoms with Gasteiger partial charge in [-0.1, -0.05) is 48.6 Å². The summed E-state index contributed by atoms with van der Waals surface area (Å²) in [6.45, 7) is 0. The van der Waals surface area contributed by atoms with Crippen molar-refractivity contribution >= 4 is 12.2 Å². The molecule has 0 saturated heterocycles. The summed E-state index contributed by atoms with van der Waals surface area (Å²) in [5, 5.41) is 29.3. The smallest absolute Gasteiger partial charge is 0.165 e. The zero-order chi connectivity index (χ0) is 24.4. The summed E-state index contributed by atoms with van der Waals surface area (Å²) in [6, 6.07) is 24.6. The molecular weight excluding hydrogens is 444 g/mol. The van der Waals surface area contributed by atoms with E-state index in [4.69, 9.17) is 14.2 Å². The highest BCUT2D eigenvalue weighted by Crippen LogP contribution is 2.47. The predicted octanol–water partition coefficient (Wildman–Crippen LogP) is 6.24. The Balaban J connectivity index is 1.50. The second-order valence-electron chi connectivity index (χ2n) is 8.23. The number of aromatic hydroxyl groups is 3. The fourth-order valence-corrected chi connectivity index (χ4v) is 4.01. The molecule has 35 heavy (non-hydrogen) atoms. The number of phenols is 3. The second kappa shape index (κ2) is 9.35. The Hall–Kier alpha value is -4.58. The van der Waals surface area contributed by atoms with E-state index in [1.165, 1.54) is 7.11 Å². The van der Waals surface area contributed by atoms with Crippen LogP contribution >= 0.6 is 0 Å². The average molecular weight is 469 g/mol. The molecule has 176 valence electrons. The maximum atomic E-state index is 10.1. The average Bonchev–Trinajstić information content (AvgIpc) is 2.88. The van der Waals surface area contributed by atoms with Crippen LogP contribution in [0.1, 0.15) is 34.5 Å². The topological polar surface area (TPSA) is 88.4 Å². The monoisotopic (exact) mass is 468 g/mol. The van der Waals surface area contributed by atoms with Gasteiger partial charge in [0.2, 0.25) is 0 Å². The molecule has 1 aliphatic rings. The molecule has 0 aliphatic carbocycles. The summed E-state index contributed by atoms with van der Waals surface area (Å²) in [5.41, 5.74) is 3.49. The summed E-state index contributed by atoms with van der Waals surface area (Å²) >= 11 is 0. The maximum Gasteiger partial charge on any atom is 0.165 e. The van der Waals surface area contributed by atoms with Gasteiger partial charge in [-0.3, -0.25) is 0 Å². The van der Waals surface area contributed by atoms with Crippen LogP contribution in [0.25, 0.3) is 12.2 Å². The first-order chi connectivity index (χ1) is 17.0. The minimum atomic E-state index is -0.530. The minimum Gasteiger partial charge on any atom is -0.508 e. The molecular formula is C29H24O6. The Morgan fingerprint density at radius 2 is 1.20 bits per heavy atom. The van der Waals surface area contributed by atoms with Crippen molar-refractivity contribution in [3.63, 3.8) is 0 Å². The van der Waals surface area contributed by atoms with Gasteiger partial charge in [0.1, 0.15) is 11.5 Å². The van der Waals surface area contributed by atoms with Gasteiger partial charge in [0, 0.05) is 5.56 Å². The van der Waals surface area contributed by atoms with Crippen LogP contribution in [0.15, 0.2) is 84.9 Å². The molecule has 0 spiro atoms. The lowest BCUT2D eigenvalue weighted by Crippen LogP contribution is -2.26. The highest BCUT2D eigenvalue weighted by Gasteiger charge is 2.35. The number of hydrogen-bond donors (Lipinski definition) is 3. The van der Waals surface area contributed by atoms with E-state index < -0.39 is 12.2 Å². The summed E-state index contributed by atoms with van der Waals surface area (Å²) < 4.78 is 18.2. The molecule has 6 heteroatoms. The summed E-state index contributed by atoms with van der Waals surface area (Å²) in [7, 11) is 1.50. The van der Waals surface area contributed by atoms with Crippen molar-refractivity contribution in [2.75, 3.05) is 7.11 Å². The molecule has 3 N–H and O–H groups in total. The minimum absolute atomic E-state index is 0.0382. The molecule has 1 aliphatic heterocycles. The van der Waals surface area contributed by atoms with Gasteiger partial charge in [-0.2, -0.15) is 0 Å². The van der Waals surface area contributed by atoms with Crippen molar-refractivity contribution in [1.82, 2.24) is 0 Å². The number of benzene rings is 4. The van der Waals surface area contributed by atoms with E-state index in [1.807, 2.05) is 42.5 Å². The van der Waals surface area contributed by atoms with E-state index in [0.29, 0.717) is 17.2 Å². The summed E-state index contributed by atoms with van der Waals surface area (Å²) in [4.78, 5) is 0. The Morgan fingerprint density at radius 3 is 1.91 bits per heavy atom. The predicted molar refractivity (Wildman–Crippen MR) is 133 cm³/mol. The number of hydrogen-bond acceptors (Lipinski definition) is 6. The van der Waals surface area contributed by atoms with Crippen LogP contribution in [0.3, 0.4) is 0 Å². The van der Waals surface area contributed by atoms with Gasteiger partial charge in [0.15, 0.2) is 35.2 Å². The van der Waals surface area contributed by atoms with Crippen LogP contribution in [-0.4, -0.2) is 22.4 Å². The van der Waals surface area contributed by atoms with Gasteiger partial charge in [-0.05, 0) is 65.2 Å². The van der Waals surface area contributed by atoms with Gasteiger partial charge in [-0.25, -0.2) is 0 Å². The molecule has 4 aromatic rings. The number of rotatable bonds is 5. The molecule has 0 amide bonds. The largest absolute Gasteiger partial charge is 0.508 e. The van der Waals surface area contributed by atoms with Crippen LogP contribution in [0.5, 0.6) is 34.5 Å². The molecule has 0 radical (unpaired) electrons. The maximum absolute atomic E-state index is 10.1. The van der Waals surface area contributed by atoms with Crippen LogP contribution < -0.4 is 14.2 Å². The zero-order valence-corrected chi connectivity index (χ0v) is 19.0. The Morgan fingerprint density at radius 1 is 0.629 bits per heavy atom. The van der Waals surface area contributed by atoms with Gasteiger partial charge in [0.25, 0.3) is 0 Å². The first-order valence-electron chi connectivity index (χ1n) is 11.1. The zero-order valence-electron chi connectivity index (χ0n) is 19.0. The van der Waals surface area contributed by atoms with Crippen molar-refractivity contribution < 1.29 is 29.5 Å². The SMILES string of the molecule is COc1cc(C2Oc3cc(/C=C/c4ccc(O)cc4)ccc3OC2c2ccc(O)cc2)ccc1O. The van der Waals surface area contributed by atoms with Crippen molar-refractivity contribution in [3.05, 3.63) is 107 Å². The fourth-order valence-electron chi connectivity index (χ4n) is 4.01. The number of fused-ring (bicyclic) bond motifs is 1. The van der Waals surface area contributed by atoms with Crippen LogP contribution in [0.4, 0.5) is 0 Å². The normalized spacial score (nSPS) is 16.8. The van der Waals surface area contributed by atoms with Gasteiger partial charge in [0.05, 0.1) is 7.11 Å². The Labute approximate surface area is 202 Å². The number of phenolic OH excluding ortho intramolecular Hbond substituents is 3. The van der Waals surface area contributed by atoms with Gasteiger partial charge < -0.3 is 29.5 Å². The molecule has 4 aromatic carbocycles. The summed E-state index contributed by atoms with van der Waals surface area (Å²) in [6.07, 6.45) is 2.89. The van der Waals surface area contributed by atoms with Crippen molar-refractivity contribution in [3.8, 4) is 34.5 Å². The Bertz CT molecular complexity index is 1360. The molecule has 0 bridgehead atoms. The van der Waals surface area contributed by atoms with Crippen LogP contribution in [0.2, 0.25) is 0 Å². The molecule has 2 atom stereocenters. The van der Waals surface area contributed by atoms with E-state index in [1.54, 1.807) is 54.6 Å². The first-order valence-corrected chi connectivity index (χ1v) is 11.1. The van der Waals surface area contributed by atoms with Crippen LogP contribution in [-0.2, 0) is 0 Å². The molecule has 6 nitrogen and oxygen atoms in total. The molecule has 5 rings (SSSR count). The van der Waals surface area contributed by atoms with Crippen molar-refractivity contribution in [1.29, 1.82) is 0 Å². The van der Waals surface area contributed by atoms with E-state index in [9.17, 15) is 15.3 Å². The molecule has 1 heterocycles. The fraction of sp³-hybridized carbons (Fsp3) is 0.103. The molecule has 2 unspecified atom stereocenters. The van der Waals surface area contributed by atoms with E-state index >= 15 is 0 Å². The van der Waals surface area contributed by atoms with Gasteiger partial charge in [-0.15, -0.1) is 0 Å². The summed E-state index contributed by atoms with van der Waals surface area (Å²) in [5.74, 6) is 1.96. The van der Waals surface area contributed by atoms with Gasteiger partial charge >= 0.3 is 0 Å². The highest BCUT2D eigenvalue weighted by molar-refractivity contribution is 5.71. The van der Waals surface area contributed by atoms with Crippen LogP contribution in [0, 0.1) is 0 Å². The second-order valence-corrected chi connectivity index (χ2v) is 8.23. The first kappa shape index (κ1) is 22.2. The third kappa shape index (κ3) is 4.73. The molecule has 0 fully saturated rings. The van der Waals surface area contributed by atoms with Crippen molar-refractivity contribution in [2.45, 2.75) is 12.2 Å². The van der Waals surface area contributed by atoms with E-state index in [-0.39, 0.29) is 17.2 Å². The molecule has 0 saturated carbocycles. The Kier molecular flexibility index (Phi) is 5.94. The lowest BCUT2D eigenvalue weighted by molar-refractivity contribution is 0.0182.